The van der Waals surface area contributed by atoms with Crippen LogP contribution in [0.3, 0.4) is 0 Å². The first-order valence-corrected chi connectivity index (χ1v) is 13.2. The molecule has 184 valence electrons. The van der Waals surface area contributed by atoms with Crippen molar-refractivity contribution in [2.75, 3.05) is 6.54 Å². The fraction of sp³-hybridized carbons (Fsp3) is 0.250. The third-order valence-corrected chi connectivity index (χ3v) is 7.81. The zero-order chi connectivity index (χ0) is 25.4. The molecule has 3 atom stereocenters. The Labute approximate surface area is 216 Å². The maximum atomic E-state index is 15.5. The summed E-state index contributed by atoms with van der Waals surface area (Å²) in [5.41, 5.74) is 5.30. The lowest BCUT2D eigenvalue weighted by Crippen LogP contribution is -2.37. The summed E-state index contributed by atoms with van der Waals surface area (Å²) in [5, 5.41) is 2.94. The summed E-state index contributed by atoms with van der Waals surface area (Å²) in [6, 6.07) is 14.2. The molecule has 1 aliphatic heterocycles. The average molecular weight is 519 g/mol. The first-order chi connectivity index (χ1) is 17.2. The smallest absolute Gasteiger partial charge is 0.246 e. The summed E-state index contributed by atoms with van der Waals surface area (Å²) in [6.07, 6.45) is 6.81. The summed E-state index contributed by atoms with van der Waals surface area (Å²) in [7, 11) is 2.28. The fourth-order valence-electron chi connectivity index (χ4n) is 4.91. The molecule has 8 heteroatoms. The van der Waals surface area contributed by atoms with Gasteiger partial charge in [0.25, 0.3) is 0 Å². The van der Waals surface area contributed by atoms with Crippen molar-refractivity contribution < 1.29 is 9.18 Å². The minimum atomic E-state index is -1.72. The number of aromatic nitrogens is 3. The van der Waals surface area contributed by atoms with Gasteiger partial charge < -0.3 is 4.90 Å². The van der Waals surface area contributed by atoms with Crippen molar-refractivity contribution in [3.8, 4) is 11.1 Å². The van der Waals surface area contributed by atoms with E-state index >= 15 is 4.39 Å². The molecule has 1 aromatic carbocycles. The number of hydrogen-bond acceptors (Lipinski definition) is 4. The van der Waals surface area contributed by atoms with Gasteiger partial charge in [0.1, 0.15) is 5.69 Å². The molecule has 0 saturated carbocycles. The van der Waals surface area contributed by atoms with Crippen molar-refractivity contribution in [2.45, 2.75) is 38.3 Å². The number of hydrogen-bond donors (Lipinski definition) is 0. The molecule has 4 heterocycles. The highest BCUT2D eigenvalue weighted by Crippen LogP contribution is 2.44. The molecule has 1 aliphatic rings. The van der Waals surface area contributed by atoms with Crippen molar-refractivity contribution in [3.63, 3.8) is 0 Å². The molecule has 3 unspecified atom stereocenters. The van der Waals surface area contributed by atoms with Gasteiger partial charge in [-0.25, -0.2) is 4.39 Å². The Bertz CT molecular complexity index is 1420. The number of alkyl halides is 1. The van der Waals surface area contributed by atoms with Crippen molar-refractivity contribution in [1.29, 1.82) is 0 Å². The van der Waals surface area contributed by atoms with E-state index < -0.39 is 5.41 Å². The standard InChI is InChI=1S/C28H28FN4OPS/c1-4-26(34)32-15-23(22-12-18(2)36-25(22)17-32)20-9-5-6-10-21(20)24-16-33(31-27(24)28(3,29)35)14-19-8-7-11-30-13-19/h4-13,16,23H,1,14-15,17,35H2,2-3H3. The number of fused-ring (bicyclic) bond motifs is 1. The van der Waals surface area contributed by atoms with Crippen LogP contribution in [0.4, 0.5) is 4.39 Å². The number of benzene rings is 1. The normalized spacial score (nSPS) is 16.9. The maximum Gasteiger partial charge on any atom is 0.246 e. The Hall–Kier alpha value is -3.15. The second-order valence-corrected chi connectivity index (χ2v) is 11.7. The quantitative estimate of drug-likeness (QED) is 0.231. The molecular weight excluding hydrogens is 490 g/mol. The van der Waals surface area contributed by atoms with Crippen LogP contribution in [0.5, 0.6) is 0 Å². The second kappa shape index (κ2) is 9.72. The number of halogens is 1. The van der Waals surface area contributed by atoms with Gasteiger partial charge in [0.15, 0.2) is 5.41 Å². The molecular formula is C28H28FN4OPS. The number of amides is 1. The number of carbonyl (C=O) groups is 1. The summed E-state index contributed by atoms with van der Waals surface area (Å²) >= 11 is 1.72. The lowest BCUT2D eigenvalue weighted by Gasteiger charge is -2.33. The number of carbonyl (C=O) groups excluding carboxylic acids is 1. The predicted molar refractivity (Wildman–Crippen MR) is 146 cm³/mol. The lowest BCUT2D eigenvalue weighted by atomic mass is 9.83. The van der Waals surface area contributed by atoms with Crippen molar-refractivity contribution in [3.05, 3.63) is 106 Å². The minimum absolute atomic E-state index is 0.0382. The molecule has 0 fully saturated rings. The molecule has 0 aliphatic carbocycles. The molecule has 3 aromatic heterocycles. The number of thiophene rings is 1. The van der Waals surface area contributed by atoms with Crippen molar-refractivity contribution in [1.82, 2.24) is 19.7 Å². The Morgan fingerprint density at radius 1 is 1.28 bits per heavy atom. The highest BCUT2D eigenvalue weighted by molar-refractivity contribution is 7.18. The first kappa shape index (κ1) is 24.5. The van der Waals surface area contributed by atoms with E-state index in [-0.39, 0.29) is 11.8 Å². The van der Waals surface area contributed by atoms with E-state index in [1.165, 1.54) is 28.3 Å². The monoisotopic (exact) mass is 518 g/mol. The third-order valence-electron chi connectivity index (χ3n) is 6.48. The highest BCUT2D eigenvalue weighted by atomic mass is 32.1. The molecule has 5 nitrogen and oxygen atoms in total. The second-order valence-electron chi connectivity index (χ2n) is 9.32. The van der Waals surface area contributed by atoms with Crippen LogP contribution >= 0.6 is 20.6 Å². The SMILES string of the molecule is C=CC(=O)N1Cc2sc(C)cc2C(c2ccccc2-c2cn(Cc3cccnc3)nc2C(C)(F)P)C1. The number of nitrogens with zero attached hydrogens (tertiary/aromatic N) is 4. The lowest BCUT2D eigenvalue weighted by molar-refractivity contribution is -0.127. The van der Waals surface area contributed by atoms with Gasteiger partial charge in [-0.3, -0.25) is 14.5 Å². The highest BCUT2D eigenvalue weighted by Gasteiger charge is 2.34. The molecule has 1 amide bonds. The van der Waals surface area contributed by atoms with Crippen LogP contribution in [0.25, 0.3) is 11.1 Å². The van der Waals surface area contributed by atoms with E-state index in [1.54, 1.807) is 28.4 Å². The molecule has 0 saturated heterocycles. The molecule has 0 spiro atoms. The summed E-state index contributed by atoms with van der Waals surface area (Å²) in [5.74, 6) is -0.121. The molecule has 36 heavy (non-hydrogen) atoms. The summed E-state index contributed by atoms with van der Waals surface area (Å²) < 4.78 is 17.2. The third kappa shape index (κ3) is 4.78. The van der Waals surface area contributed by atoms with Crippen molar-refractivity contribution in [2.24, 2.45) is 0 Å². The summed E-state index contributed by atoms with van der Waals surface area (Å²) in [4.78, 5) is 21.0. The van der Waals surface area contributed by atoms with E-state index in [1.807, 2.05) is 41.4 Å². The van der Waals surface area contributed by atoms with Crippen LogP contribution in [-0.4, -0.2) is 32.1 Å². The Morgan fingerprint density at radius 3 is 2.81 bits per heavy atom. The number of pyridine rings is 1. The van der Waals surface area contributed by atoms with Crippen LogP contribution < -0.4 is 0 Å². The maximum absolute atomic E-state index is 15.5. The number of aryl methyl sites for hydroxylation is 1. The molecule has 0 bridgehead atoms. The Kier molecular flexibility index (Phi) is 6.62. The molecule has 5 rings (SSSR count). The van der Waals surface area contributed by atoms with E-state index in [0.717, 1.165) is 22.3 Å². The van der Waals surface area contributed by atoms with Crippen LogP contribution in [0.2, 0.25) is 0 Å². The molecule has 0 radical (unpaired) electrons. The zero-order valence-corrected chi connectivity index (χ0v) is 22.3. The van der Waals surface area contributed by atoms with E-state index in [0.29, 0.717) is 25.3 Å². The van der Waals surface area contributed by atoms with Gasteiger partial charge in [0.2, 0.25) is 5.91 Å². The predicted octanol–water partition coefficient (Wildman–Crippen LogP) is 6.04. The van der Waals surface area contributed by atoms with Gasteiger partial charge >= 0.3 is 0 Å². The van der Waals surface area contributed by atoms with Crippen LogP contribution in [0.15, 0.2) is 73.7 Å². The van der Waals surface area contributed by atoms with Crippen LogP contribution in [0.1, 0.15) is 45.0 Å². The van der Waals surface area contributed by atoms with E-state index in [4.69, 9.17) is 0 Å². The largest absolute Gasteiger partial charge is 0.333 e. The van der Waals surface area contributed by atoms with Crippen LogP contribution in [0, 0.1) is 6.92 Å². The van der Waals surface area contributed by atoms with Gasteiger partial charge in [0.05, 0.1) is 13.1 Å². The average Bonchev–Trinajstić information content (AvgIpc) is 3.46. The van der Waals surface area contributed by atoms with E-state index in [9.17, 15) is 4.79 Å². The van der Waals surface area contributed by atoms with Gasteiger partial charge in [-0.15, -0.1) is 11.3 Å². The van der Waals surface area contributed by atoms with Gasteiger partial charge in [-0.05, 0) is 54.3 Å². The molecule has 4 aromatic rings. The van der Waals surface area contributed by atoms with Gasteiger partial charge in [-0.1, -0.05) is 46.2 Å². The first-order valence-electron chi connectivity index (χ1n) is 11.8. The Balaban J connectivity index is 1.63. The fourth-order valence-corrected chi connectivity index (χ4v) is 6.23. The van der Waals surface area contributed by atoms with E-state index in [2.05, 4.69) is 45.0 Å². The topological polar surface area (TPSA) is 51.0 Å². The van der Waals surface area contributed by atoms with Crippen molar-refractivity contribution >= 4 is 26.5 Å². The van der Waals surface area contributed by atoms with Gasteiger partial charge in [0, 0.05) is 46.4 Å². The summed E-state index contributed by atoms with van der Waals surface area (Å²) in [6.45, 7) is 8.90. The number of rotatable bonds is 6. The minimum Gasteiger partial charge on any atom is -0.333 e. The van der Waals surface area contributed by atoms with Gasteiger partial charge in [-0.2, -0.15) is 5.10 Å². The van der Waals surface area contributed by atoms with Crippen LogP contribution in [-0.2, 0) is 23.3 Å². The Morgan fingerprint density at radius 2 is 2.08 bits per heavy atom. The molecule has 0 N–H and O–H groups in total. The zero-order valence-electron chi connectivity index (χ0n) is 20.3.